The van der Waals surface area contributed by atoms with Crippen molar-refractivity contribution in [3.05, 3.63) is 53.0 Å². The fourth-order valence-electron chi connectivity index (χ4n) is 4.52. The lowest BCUT2D eigenvalue weighted by Crippen LogP contribution is -2.35. The van der Waals surface area contributed by atoms with Crippen LogP contribution in [-0.2, 0) is 17.6 Å². The zero-order chi connectivity index (χ0) is 19.5. The molecule has 1 atom stereocenters. The smallest absolute Gasteiger partial charge is 0.222 e. The number of aromatic nitrogens is 2. The van der Waals surface area contributed by atoms with Gasteiger partial charge in [-0.05, 0) is 44.6 Å². The van der Waals surface area contributed by atoms with E-state index < -0.39 is 0 Å². The zero-order valence-corrected chi connectivity index (χ0v) is 17.0. The second kappa shape index (κ2) is 8.29. The average Bonchev–Trinajstić information content (AvgIpc) is 3.22. The van der Waals surface area contributed by atoms with Gasteiger partial charge in [0.2, 0.25) is 5.91 Å². The molecule has 0 aliphatic carbocycles. The number of benzene rings is 1. The summed E-state index contributed by atoms with van der Waals surface area (Å²) in [6.45, 7) is 6.87. The minimum absolute atomic E-state index is 0.0364. The molecule has 2 aromatic rings. The summed E-state index contributed by atoms with van der Waals surface area (Å²) in [6, 6.07) is 10.7. The van der Waals surface area contributed by atoms with Gasteiger partial charge in [-0.15, -0.1) is 0 Å². The molecule has 4 rings (SSSR count). The van der Waals surface area contributed by atoms with Gasteiger partial charge in [0.1, 0.15) is 5.82 Å². The van der Waals surface area contributed by atoms with Crippen molar-refractivity contribution in [2.75, 3.05) is 24.5 Å². The Hall–Kier alpha value is -2.43. The topological polar surface area (TPSA) is 49.3 Å². The van der Waals surface area contributed by atoms with Crippen molar-refractivity contribution in [3.63, 3.8) is 0 Å². The molecule has 1 saturated heterocycles. The highest BCUT2D eigenvalue weighted by Gasteiger charge is 2.33. The summed E-state index contributed by atoms with van der Waals surface area (Å²) in [6.07, 6.45) is 5.76. The molecular weight excluding hydrogens is 348 g/mol. The quantitative estimate of drug-likeness (QED) is 0.793. The van der Waals surface area contributed by atoms with Crippen LogP contribution in [0.5, 0.6) is 0 Å². The first-order valence-electron chi connectivity index (χ1n) is 10.6. The molecule has 3 heterocycles. The molecule has 0 radical (unpaired) electrons. The molecule has 2 aliphatic rings. The third-order valence-electron chi connectivity index (χ3n) is 6.05. The van der Waals surface area contributed by atoms with Crippen molar-refractivity contribution in [1.29, 1.82) is 0 Å². The number of carbonyl (C=O) groups is 1. The van der Waals surface area contributed by atoms with Gasteiger partial charge in [0.25, 0.3) is 0 Å². The second-order valence-corrected chi connectivity index (χ2v) is 7.89. The van der Waals surface area contributed by atoms with E-state index >= 15 is 0 Å². The lowest BCUT2D eigenvalue weighted by atomic mass is 10.0. The Kier molecular flexibility index (Phi) is 5.60. The molecule has 5 nitrogen and oxygen atoms in total. The highest BCUT2D eigenvalue weighted by molar-refractivity contribution is 5.76. The van der Waals surface area contributed by atoms with Gasteiger partial charge in [0.15, 0.2) is 5.82 Å². The van der Waals surface area contributed by atoms with Crippen LogP contribution in [-0.4, -0.2) is 40.4 Å². The summed E-state index contributed by atoms with van der Waals surface area (Å²) in [5.41, 5.74) is 3.73. The van der Waals surface area contributed by atoms with E-state index in [2.05, 4.69) is 42.2 Å². The van der Waals surface area contributed by atoms with E-state index in [1.54, 1.807) is 0 Å². The van der Waals surface area contributed by atoms with Crippen molar-refractivity contribution in [3.8, 4) is 0 Å². The molecule has 2 aliphatic heterocycles. The van der Waals surface area contributed by atoms with Gasteiger partial charge in [-0.25, -0.2) is 9.97 Å². The lowest BCUT2D eigenvalue weighted by Gasteiger charge is -2.32. The number of nitrogens with zero attached hydrogens (tertiary/aromatic N) is 4. The molecule has 148 valence electrons. The second-order valence-electron chi connectivity index (χ2n) is 7.89. The summed E-state index contributed by atoms with van der Waals surface area (Å²) in [5, 5.41) is 0. The Morgan fingerprint density at radius 1 is 1.14 bits per heavy atom. The van der Waals surface area contributed by atoms with Crippen molar-refractivity contribution < 1.29 is 4.79 Å². The predicted molar refractivity (Wildman–Crippen MR) is 111 cm³/mol. The number of rotatable bonds is 5. The van der Waals surface area contributed by atoms with Crippen LogP contribution in [0.3, 0.4) is 0 Å². The number of amides is 1. The van der Waals surface area contributed by atoms with E-state index in [1.807, 2.05) is 11.8 Å². The average molecular weight is 379 g/mol. The zero-order valence-electron chi connectivity index (χ0n) is 17.0. The van der Waals surface area contributed by atoms with Crippen LogP contribution in [0.4, 0.5) is 5.82 Å². The number of anilines is 1. The van der Waals surface area contributed by atoms with Gasteiger partial charge in [-0.1, -0.05) is 37.3 Å². The molecule has 1 fully saturated rings. The van der Waals surface area contributed by atoms with E-state index in [0.717, 1.165) is 69.1 Å². The van der Waals surface area contributed by atoms with E-state index in [9.17, 15) is 4.79 Å². The molecule has 28 heavy (non-hydrogen) atoms. The van der Waals surface area contributed by atoms with Gasteiger partial charge in [-0.3, -0.25) is 4.79 Å². The van der Waals surface area contributed by atoms with E-state index in [1.165, 1.54) is 11.1 Å². The summed E-state index contributed by atoms with van der Waals surface area (Å²) >= 11 is 0. The van der Waals surface area contributed by atoms with Gasteiger partial charge >= 0.3 is 0 Å². The standard InChI is InChI=1S/C23H30N4O/c1-3-21(28)27-15-8-12-20(27)22-24-17(2)19-11-7-14-26(23(19)25-22)16-13-18-9-5-4-6-10-18/h4-6,9-10,20H,3,7-8,11-16H2,1-2H3/t20-/m0/s1. The first kappa shape index (κ1) is 18.9. The highest BCUT2D eigenvalue weighted by Crippen LogP contribution is 2.34. The Bertz CT molecular complexity index is 836. The lowest BCUT2D eigenvalue weighted by molar-refractivity contribution is -0.131. The predicted octanol–water partition coefficient (Wildman–Crippen LogP) is 3.85. The fourth-order valence-corrected chi connectivity index (χ4v) is 4.52. The van der Waals surface area contributed by atoms with Crippen molar-refractivity contribution in [2.24, 2.45) is 0 Å². The van der Waals surface area contributed by atoms with Crippen molar-refractivity contribution in [2.45, 2.75) is 58.4 Å². The molecule has 1 aromatic heterocycles. The third kappa shape index (κ3) is 3.75. The molecule has 0 spiro atoms. The molecule has 1 amide bonds. The Labute approximate surface area is 167 Å². The maximum atomic E-state index is 12.4. The Balaban J connectivity index is 1.60. The highest BCUT2D eigenvalue weighted by atomic mass is 16.2. The molecule has 0 saturated carbocycles. The molecular formula is C23H30N4O. The molecule has 1 aromatic carbocycles. The van der Waals surface area contributed by atoms with Crippen LogP contribution < -0.4 is 4.90 Å². The van der Waals surface area contributed by atoms with Crippen LogP contribution in [0.15, 0.2) is 30.3 Å². The molecule has 0 N–H and O–H groups in total. The molecule has 0 bridgehead atoms. The van der Waals surface area contributed by atoms with Gasteiger partial charge in [0.05, 0.1) is 6.04 Å². The summed E-state index contributed by atoms with van der Waals surface area (Å²) in [4.78, 5) is 26.7. The third-order valence-corrected chi connectivity index (χ3v) is 6.05. The van der Waals surface area contributed by atoms with Gasteiger partial charge in [-0.2, -0.15) is 0 Å². The van der Waals surface area contributed by atoms with E-state index in [-0.39, 0.29) is 11.9 Å². The number of aryl methyl sites for hydroxylation is 1. The number of likely N-dealkylation sites (tertiary alicyclic amines) is 1. The maximum Gasteiger partial charge on any atom is 0.222 e. The first-order chi connectivity index (χ1) is 13.7. The van der Waals surface area contributed by atoms with Crippen molar-refractivity contribution in [1.82, 2.24) is 14.9 Å². The number of fused-ring (bicyclic) bond motifs is 1. The monoisotopic (exact) mass is 378 g/mol. The SMILES string of the molecule is CCC(=O)N1CCC[C@H]1c1nc(C)c2c(n1)N(CCc1ccccc1)CCC2. The maximum absolute atomic E-state index is 12.4. The Morgan fingerprint density at radius 3 is 2.75 bits per heavy atom. The molecule has 0 unspecified atom stereocenters. The van der Waals surface area contributed by atoms with Gasteiger partial charge in [0, 0.05) is 37.3 Å². The van der Waals surface area contributed by atoms with Gasteiger partial charge < -0.3 is 9.80 Å². The van der Waals surface area contributed by atoms with E-state index in [0.29, 0.717) is 6.42 Å². The van der Waals surface area contributed by atoms with E-state index in [4.69, 9.17) is 9.97 Å². The number of hydrogen-bond acceptors (Lipinski definition) is 4. The fraction of sp³-hybridized carbons (Fsp3) is 0.522. The Morgan fingerprint density at radius 2 is 1.96 bits per heavy atom. The number of carbonyl (C=O) groups excluding carboxylic acids is 1. The normalized spacial score (nSPS) is 19.0. The first-order valence-corrected chi connectivity index (χ1v) is 10.6. The minimum atomic E-state index is 0.0364. The largest absolute Gasteiger partial charge is 0.356 e. The summed E-state index contributed by atoms with van der Waals surface area (Å²) < 4.78 is 0. The number of hydrogen-bond donors (Lipinski definition) is 0. The molecule has 5 heteroatoms. The van der Waals surface area contributed by atoms with Crippen LogP contribution >= 0.6 is 0 Å². The van der Waals surface area contributed by atoms with Crippen LogP contribution in [0.2, 0.25) is 0 Å². The van der Waals surface area contributed by atoms with Crippen molar-refractivity contribution >= 4 is 11.7 Å². The minimum Gasteiger partial charge on any atom is -0.356 e. The van der Waals surface area contributed by atoms with Crippen LogP contribution in [0, 0.1) is 6.92 Å². The summed E-state index contributed by atoms with van der Waals surface area (Å²) in [7, 11) is 0. The summed E-state index contributed by atoms with van der Waals surface area (Å²) in [5.74, 6) is 2.14. The van der Waals surface area contributed by atoms with Crippen LogP contribution in [0.25, 0.3) is 0 Å². The van der Waals surface area contributed by atoms with Crippen LogP contribution in [0.1, 0.15) is 61.3 Å².